The third-order valence-electron chi connectivity index (χ3n) is 2.83. The molecule has 1 aromatic rings. The van der Waals surface area contributed by atoms with Crippen molar-refractivity contribution >= 4 is 11.6 Å². The molecule has 1 fully saturated rings. The van der Waals surface area contributed by atoms with E-state index in [9.17, 15) is 9.50 Å². The topological polar surface area (TPSA) is 32.3 Å². The molecule has 0 spiro atoms. The number of phenolic OH excluding ortho intramolecular Hbond substituents is 1. The minimum Gasteiger partial charge on any atom is -0.505 e. The van der Waals surface area contributed by atoms with Gasteiger partial charge >= 0.3 is 0 Å². The van der Waals surface area contributed by atoms with E-state index in [1.165, 1.54) is 12.1 Å². The Morgan fingerprint density at radius 1 is 1.53 bits per heavy atom. The zero-order valence-electron chi connectivity index (χ0n) is 8.26. The van der Waals surface area contributed by atoms with Gasteiger partial charge in [-0.2, -0.15) is 0 Å². The Kier molecular flexibility index (Phi) is 3.12. The standard InChI is InChI=1S/C11H13ClFNO/c12-9-1-2-10(13)11(15)8(9)5-7-3-4-14-6-7/h1-2,7,14-15H,3-6H2. The maximum Gasteiger partial charge on any atom is 0.165 e. The third kappa shape index (κ3) is 2.24. The number of hydrogen-bond acceptors (Lipinski definition) is 2. The predicted molar refractivity (Wildman–Crippen MR) is 57.8 cm³/mol. The second-order valence-corrected chi connectivity index (χ2v) is 4.33. The molecule has 2 rings (SSSR count). The van der Waals surface area contributed by atoms with Gasteiger partial charge in [0.25, 0.3) is 0 Å². The minimum atomic E-state index is -0.597. The molecule has 1 atom stereocenters. The van der Waals surface area contributed by atoms with E-state index in [0.717, 1.165) is 19.5 Å². The molecule has 0 aliphatic carbocycles. The average molecular weight is 230 g/mol. The molecular formula is C11H13ClFNO. The summed E-state index contributed by atoms with van der Waals surface area (Å²) in [7, 11) is 0. The number of hydrogen-bond donors (Lipinski definition) is 2. The summed E-state index contributed by atoms with van der Waals surface area (Å²) in [6.45, 7) is 1.89. The largest absolute Gasteiger partial charge is 0.505 e. The van der Waals surface area contributed by atoms with Crippen LogP contribution in [0.1, 0.15) is 12.0 Å². The van der Waals surface area contributed by atoms with Gasteiger partial charge < -0.3 is 10.4 Å². The number of nitrogens with one attached hydrogen (secondary N) is 1. The van der Waals surface area contributed by atoms with Crippen molar-refractivity contribution in [3.63, 3.8) is 0 Å². The van der Waals surface area contributed by atoms with Gasteiger partial charge in [0.2, 0.25) is 0 Å². The second-order valence-electron chi connectivity index (χ2n) is 3.92. The van der Waals surface area contributed by atoms with Crippen LogP contribution in [-0.4, -0.2) is 18.2 Å². The van der Waals surface area contributed by atoms with Gasteiger partial charge in [-0.05, 0) is 44.0 Å². The van der Waals surface area contributed by atoms with Crippen LogP contribution in [0, 0.1) is 11.7 Å². The highest BCUT2D eigenvalue weighted by atomic mass is 35.5. The van der Waals surface area contributed by atoms with Gasteiger partial charge in [0.05, 0.1) is 0 Å². The Bertz CT molecular complexity index is 364. The zero-order valence-corrected chi connectivity index (χ0v) is 9.02. The first-order chi connectivity index (χ1) is 7.18. The lowest BCUT2D eigenvalue weighted by Gasteiger charge is -2.11. The average Bonchev–Trinajstić information content (AvgIpc) is 2.71. The summed E-state index contributed by atoms with van der Waals surface area (Å²) < 4.78 is 13.1. The predicted octanol–water partition coefficient (Wildman–Crippen LogP) is 2.34. The van der Waals surface area contributed by atoms with E-state index in [4.69, 9.17) is 11.6 Å². The highest BCUT2D eigenvalue weighted by Gasteiger charge is 2.19. The van der Waals surface area contributed by atoms with E-state index in [0.29, 0.717) is 22.9 Å². The summed E-state index contributed by atoms with van der Waals surface area (Å²) in [6.07, 6.45) is 1.68. The van der Waals surface area contributed by atoms with Crippen molar-refractivity contribution in [3.8, 4) is 5.75 Å². The Morgan fingerprint density at radius 2 is 2.33 bits per heavy atom. The minimum absolute atomic E-state index is 0.297. The molecule has 0 bridgehead atoms. The van der Waals surface area contributed by atoms with Crippen LogP contribution in [0.5, 0.6) is 5.75 Å². The van der Waals surface area contributed by atoms with Crippen LogP contribution in [0.4, 0.5) is 4.39 Å². The van der Waals surface area contributed by atoms with E-state index in [-0.39, 0.29) is 5.75 Å². The fourth-order valence-electron chi connectivity index (χ4n) is 1.95. The normalized spacial score (nSPS) is 20.8. The maximum absolute atomic E-state index is 13.1. The van der Waals surface area contributed by atoms with Gasteiger partial charge in [-0.3, -0.25) is 0 Å². The van der Waals surface area contributed by atoms with Crippen LogP contribution in [0.15, 0.2) is 12.1 Å². The van der Waals surface area contributed by atoms with E-state index >= 15 is 0 Å². The van der Waals surface area contributed by atoms with Crippen molar-refractivity contribution in [1.29, 1.82) is 0 Å². The third-order valence-corrected chi connectivity index (χ3v) is 3.19. The highest BCUT2D eigenvalue weighted by Crippen LogP contribution is 2.31. The quantitative estimate of drug-likeness (QED) is 0.816. The monoisotopic (exact) mass is 229 g/mol. The van der Waals surface area contributed by atoms with Crippen LogP contribution in [-0.2, 0) is 6.42 Å². The summed E-state index contributed by atoms with van der Waals surface area (Å²) in [4.78, 5) is 0. The van der Waals surface area contributed by atoms with Crippen LogP contribution >= 0.6 is 11.6 Å². The summed E-state index contributed by atoms with van der Waals surface area (Å²) in [5, 5.41) is 13.2. The molecule has 1 saturated heterocycles. The first kappa shape index (κ1) is 10.7. The van der Waals surface area contributed by atoms with E-state index < -0.39 is 5.82 Å². The Hall–Kier alpha value is -0.800. The van der Waals surface area contributed by atoms with Crippen molar-refractivity contribution in [3.05, 3.63) is 28.5 Å². The maximum atomic E-state index is 13.1. The van der Waals surface area contributed by atoms with E-state index in [1.54, 1.807) is 0 Å². The molecule has 0 amide bonds. The molecule has 0 radical (unpaired) electrons. The van der Waals surface area contributed by atoms with E-state index in [2.05, 4.69) is 5.32 Å². The molecule has 2 nitrogen and oxygen atoms in total. The molecule has 1 aromatic carbocycles. The van der Waals surface area contributed by atoms with Gasteiger partial charge in [0.1, 0.15) is 0 Å². The molecule has 0 saturated carbocycles. The van der Waals surface area contributed by atoms with Crippen LogP contribution in [0.25, 0.3) is 0 Å². The summed E-state index contributed by atoms with van der Waals surface area (Å²) in [6, 6.07) is 2.68. The molecule has 82 valence electrons. The van der Waals surface area contributed by atoms with Crippen molar-refractivity contribution in [2.45, 2.75) is 12.8 Å². The number of benzene rings is 1. The molecule has 4 heteroatoms. The van der Waals surface area contributed by atoms with Crippen molar-refractivity contribution in [2.75, 3.05) is 13.1 Å². The van der Waals surface area contributed by atoms with Crippen molar-refractivity contribution in [1.82, 2.24) is 5.32 Å². The lowest BCUT2D eigenvalue weighted by Crippen LogP contribution is -2.11. The summed E-state index contributed by atoms with van der Waals surface area (Å²) in [5.74, 6) is -0.454. The van der Waals surface area contributed by atoms with Gasteiger partial charge in [-0.15, -0.1) is 0 Å². The molecule has 15 heavy (non-hydrogen) atoms. The zero-order chi connectivity index (χ0) is 10.8. The fourth-order valence-corrected chi connectivity index (χ4v) is 2.18. The SMILES string of the molecule is Oc1c(F)ccc(Cl)c1CC1CCNC1. The number of rotatable bonds is 2. The molecule has 0 aromatic heterocycles. The van der Waals surface area contributed by atoms with Gasteiger partial charge in [0, 0.05) is 10.6 Å². The molecular weight excluding hydrogens is 217 g/mol. The van der Waals surface area contributed by atoms with Crippen molar-refractivity contribution in [2.24, 2.45) is 5.92 Å². The first-order valence-electron chi connectivity index (χ1n) is 5.05. The Labute approximate surface area is 93.1 Å². The number of halogens is 2. The second kappa shape index (κ2) is 4.37. The Balaban J connectivity index is 2.22. The number of aromatic hydroxyl groups is 1. The smallest absolute Gasteiger partial charge is 0.165 e. The molecule has 1 unspecified atom stereocenters. The highest BCUT2D eigenvalue weighted by molar-refractivity contribution is 6.31. The number of phenols is 1. The van der Waals surface area contributed by atoms with Gasteiger partial charge in [-0.25, -0.2) is 4.39 Å². The molecule has 2 N–H and O–H groups in total. The molecule has 1 heterocycles. The molecule has 1 aliphatic rings. The lowest BCUT2D eigenvalue weighted by molar-refractivity contribution is 0.420. The van der Waals surface area contributed by atoms with Crippen LogP contribution in [0.3, 0.4) is 0 Å². The molecule has 1 aliphatic heterocycles. The Morgan fingerprint density at radius 3 is 3.00 bits per heavy atom. The van der Waals surface area contributed by atoms with Crippen molar-refractivity contribution < 1.29 is 9.50 Å². The first-order valence-corrected chi connectivity index (χ1v) is 5.43. The van der Waals surface area contributed by atoms with Crippen LogP contribution in [0.2, 0.25) is 5.02 Å². The van der Waals surface area contributed by atoms with E-state index in [1.807, 2.05) is 0 Å². The van der Waals surface area contributed by atoms with Crippen LogP contribution < -0.4 is 5.32 Å². The summed E-state index contributed by atoms with van der Waals surface area (Å²) in [5.41, 5.74) is 0.533. The van der Waals surface area contributed by atoms with Gasteiger partial charge in [-0.1, -0.05) is 11.6 Å². The fraction of sp³-hybridized carbons (Fsp3) is 0.455. The summed E-state index contributed by atoms with van der Waals surface area (Å²) >= 11 is 5.93. The lowest BCUT2D eigenvalue weighted by atomic mass is 9.98. The van der Waals surface area contributed by atoms with Gasteiger partial charge in [0.15, 0.2) is 11.6 Å².